The Kier molecular flexibility index (Phi) is 3.63. The van der Waals surface area contributed by atoms with Crippen molar-refractivity contribution in [1.29, 1.82) is 0 Å². The Bertz CT molecular complexity index is 392. The number of halogens is 3. The van der Waals surface area contributed by atoms with Crippen molar-refractivity contribution in [2.75, 3.05) is 13.7 Å². The molecule has 0 saturated heterocycles. The first-order valence-electron chi connectivity index (χ1n) is 3.92. The molecule has 1 aromatic rings. The SMILES string of the molecule is COCC#Cc1nccc(C(F)(F)F)n1. The zero-order chi connectivity index (χ0) is 11.3. The molecule has 0 unspecified atom stereocenters. The van der Waals surface area contributed by atoms with Crippen molar-refractivity contribution in [3.05, 3.63) is 23.8 Å². The van der Waals surface area contributed by atoms with Crippen LogP contribution < -0.4 is 0 Å². The molecule has 0 radical (unpaired) electrons. The topological polar surface area (TPSA) is 35.0 Å². The molecule has 15 heavy (non-hydrogen) atoms. The highest BCUT2D eigenvalue weighted by atomic mass is 19.4. The molecule has 0 aliphatic heterocycles. The van der Waals surface area contributed by atoms with Crippen LogP contribution in [0.1, 0.15) is 11.5 Å². The van der Waals surface area contributed by atoms with Gasteiger partial charge in [0.1, 0.15) is 12.3 Å². The predicted octanol–water partition coefficient (Wildman–Crippen LogP) is 1.49. The van der Waals surface area contributed by atoms with Crippen molar-refractivity contribution in [3.63, 3.8) is 0 Å². The fourth-order valence-electron chi connectivity index (χ4n) is 0.764. The molecule has 0 fully saturated rings. The molecule has 0 atom stereocenters. The lowest BCUT2D eigenvalue weighted by Crippen LogP contribution is -2.09. The summed E-state index contributed by atoms with van der Waals surface area (Å²) >= 11 is 0. The van der Waals surface area contributed by atoms with Gasteiger partial charge >= 0.3 is 6.18 Å². The second kappa shape index (κ2) is 4.75. The van der Waals surface area contributed by atoms with E-state index in [2.05, 4.69) is 26.5 Å². The lowest BCUT2D eigenvalue weighted by atomic mass is 10.4. The molecular weight excluding hydrogens is 209 g/mol. The standard InChI is InChI=1S/C9H7F3N2O/c1-15-6-2-3-8-13-5-4-7(14-8)9(10,11)12/h4-5H,6H2,1H3. The Labute approximate surface area is 84.3 Å². The van der Waals surface area contributed by atoms with Gasteiger partial charge in [0.25, 0.3) is 0 Å². The molecule has 0 aliphatic rings. The minimum atomic E-state index is -4.47. The van der Waals surface area contributed by atoms with Crippen LogP contribution in [-0.2, 0) is 10.9 Å². The summed E-state index contributed by atoms with van der Waals surface area (Å²) in [7, 11) is 1.43. The highest BCUT2D eigenvalue weighted by molar-refractivity contribution is 5.22. The Morgan fingerprint density at radius 1 is 1.47 bits per heavy atom. The van der Waals surface area contributed by atoms with E-state index in [4.69, 9.17) is 0 Å². The minimum absolute atomic E-state index is 0.125. The Morgan fingerprint density at radius 2 is 2.20 bits per heavy atom. The molecular formula is C9H7F3N2O. The number of aromatic nitrogens is 2. The zero-order valence-electron chi connectivity index (χ0n) is 7.80. The second-order valence-corrected chi connectivity index (χ2v) is 2.50. The van der Waals surface area contributed by atoms with Crippen LogP contribution >= 0.6 is 0 Å². The van der Waals surface area contributed by atoms with E-state index in [1.807, 2.05) is 0 Å². The van der Waals surface area contributed by atoms with E-state index in [1.165, 1.54) is 7.11 Å². The first kappa shape index (κ1) is 11.5. The van der Waals surface area contributed by atoms with Gasteiger partial charge in [-0.25, -0.2) is 9.97 Å². The molecule has 1 rings (SSSR count). The fraction of sp³-hybridized carbons (Fsp3) is 0.333. The van der Waals surface area contributed by atoms with Gasteiger partial charge in [-0.3, -0.25) is 0 Å². The Balaban J connectivity index is 2.90. The molecule has 0 aliphatic carbocycles. The average molecular weight is 216 g/mol. The third-order valence-electron chi connectivity index (χ3n) is 1.36. The van der Waals surface area contributed by atoms with E-state index in [0.29, 0.717) is 0 Å². The van der Waals surface area contributed by atoms with Gasteiger partial charge in [0.05, 0.1) is 0 Å². The van der Waals surface area contributed by atoms with E-state index in [9.17, 15) is 13.2 Å². The normalized spacial score (nSPS) is 10.7. The summed E-state index contributed by atoms with van der Waals surface area (Å²) in [6, 6.07) is 0.793. The molecule has 6 heteroatoms. The largest absolute Gasteiger partial charge is 0.433 e. The molecule has 0 spiro atoms. The van der Waals surface area contributed by atoms with Gasteiger partial charge < -0.3 is 4.74 Å². The minimum Gasteiger partial charge on any atom is -0.372 e. The molecule has 0 saturated carbocycles. The number of ether oxygens (including phenoxy) is 1. The van der Waals surface area contributed by atoms with Crippen LogP contribution in [0.5, 0.6) is 0 Å². The van der Waals surface area contributed by atoms with Crippen LogP contribution in [-0.4, -0.2) is 23.7 Å². The molecule has 0 bridgehead atoms. The number of nitrogens with zero attached hydrogens (tertiary/aromatic N) is 2. The summed E-state index contributed by atoms with van der Waals surface area (Å²) in [5.74, 6) is 4.66. The highest BCUT2D eigenvalue weighted by Gasteiger charge is 2.32. The van der Waals surface area contributed by atoms with Crippen LogP contribution in [0.2, 0.25) is 0 Å². The molecule has 3 nitrogen and oxygen atoms in total. The molecule has 1 aromatic heterocycles. The third kappa shape index (κ3) is 3.56. The molecule has 80 valence electrons. The first-order valence-corrected chi connectivity index (χ1v) is 3.92. The lowest BCUT2D eigenvalue weighted by Gasteiger charge is -2.03. The number of hydrogen-bond acceptors (Lipinski definition) is 3. The van der Waals surface area contributed by atoms with Crippen LogP contribution in [0.25, 0.3) is 0 Å². The van der Waals surface area contributed by atoms with Crippen molar-refractivity contribution >= 4 is 0 Å². The van der Waals surface area contributed by atoms with Crippen LogP contribution in [0.4, 0.5) is 13.2 Å². The maximum Gasteiger partial charge on any atom is 0.433 e. The van der Waals surface area contributed by atoms with E-state index < -0.39 is 11.9 Å². The Morgan fingerprint density at radius 3 is 2.80 bits per heavy atom. The van der Waals surface area contributed by atoms with Gasteiger partial charge in [-0.2, -0.15) is 13.2 Å². The summed E-state index contributed by atoms with van der Waals surface area (Å²) in [5, 5.41) is 0. The summed E-state index contributed by atoms with van der Waals surface area (Å²) in [6.07, 6.45) is -3.45. The van der Waals surface area contributed by atoms with Crippen molar-refractivity contribution in [2.45, 2.75) is 6.18 Å². The maximum atomic E-state index is 12.2. The van der Waals surface area contributed by atoms with Crippen LogP contribution in [0, 0.1) is 11.8 Å². The summed E-state index contributed by atoms with van der Waals surface area (Å²) in [6.45, 7) is 0.125. The van der Waals surface area contributed by atoms with Crippen molar-refractivity contribution < 1.29 is 17.9 Å². The molecule has 0 amide bonds. The summed E-state index contributed by atoms with van der Waals surface area (Å²) in [4.78, 5) is 6.83. The smallest absolute Gasteiger partial charge is 0.372 e. The van der Waals surface area contributed by atoms with Crippen molar-refractivity contribution in [1.82, 2.24) is 9.97 Å². The number of alkyl halides is 3. The van der Waals surface area contributed by atoms with Gasteiger partial charge in [0.15, 0.2) is 0 Å². The predicted molar refractivity (Wildman–Crippen MR) is 45.8 cm³/mol. The van der Waals surface area contributed by atoms with E-state index >= 15 is 0 Å². The first-order chi connectivity index (χ1) is 7.04. The number of methoxy groups -OCH3 is 1. The van der Waals surface area contributed by atoms with Crippen LogP contribution in [0.15, 0.2) is 12.3 Å². The summed E-state index contributed by atoms with van der Waals surface area (Å²) < 4.78 is 41.2. The number of rotatable bonds is 1. The van der Waals surface area contributed by atoms with Gasteiger partial charge in [-0.15, -0.1) is 0 Å². The summed E-state index contributed by atoms with van der Waals surface area (Å²) in [5.41, 5.74) is -1.00. The van der Waals surface area contributed by atoms with Crippen molar-refractivity contribution in [2.24, 2.45) is 0 Å². The number of hydrogen-bond donors (Lipinski definition) is 0. The lowest BCUT2D eigenvalue weighted by molar-refractivity contribution is -0.141. The molecule has 1 heterocycles. The van der Waals surface area contributed by atoms with E-state index in [1.54, 1.807) is 0 Å². The van der Waals surface area contributed by atoms with Gasteiger partial charge in [0, 0.05) is 13.3 Å². The van der Waals surface area contributed by atoms with E-state index in [0.717, 1.165) is 12.3 Å². The monoisotopic (exact) mass is 216 g/mol. The van der Waals surface area contributed by atoms with Crippen molar-refractivity contribution in [3.8, 4) is 11.8 Å². The highest BCUT2D eigenvalue weighted by Crippen LogP contribution is 2.26. The average Bonchev–Trinajstić information content (AvgIpc) is 2.17. The molecule has 0 N–H and O–H groups in total. The third-order valence-corrected chi connectivity index (χ3v) is 1.36. The maximum absolute atomic E-state index is 12.2. The zero-order valence-corrected chi connectivity index (χ0v) is 7.80. The van der Waals surface area contributed by atoms with E-state index in [-0.39, 0.29) is 12.4 Å². The van der Waals surface area contributed by atoms with Gasteiger partial charge in [-0.1, -0.05) is 5.92 Å². The fourth-order valence-corrected chi connectivity index (χ4v) is 0.764. The Hall–Kier alpha value is -1.61. The molecule has 0 aromatic carbocycles. The van der Waals surface area contributed by atoms with Gasteiger partial charge in [0.2, 0.25) is 5.82 Å². The second-order valence-electron chi connectivity index (χ2n) is 2.50. The quantitative estimate of drug-likeness (QED) is 0.667. The van der Waals surface area contributed by atoms with Gasteiger partial charge in [-0.05, 0) is 12.0 Å². The van der Waals surface area contributed by atoms with Crippen LogP contribution in [0.3, 0.4) is 0 Å².